The Kier molecular flexibility index (Phi) is 5.51. The number of carbonyl (C=O) groups is 1. The lowest BCUT2D eigenvalue weighted by Gasteiger charge is -2.38. The van der Waals surface area contributed by atoms with Crippen LogP contribution in [0.25, 0.3) is 0 Å². The van der Waals surface area contributed by atoms with E-state index in [1.54, 1.807) is 0 Å². The quantitative estimate of drug-likeness (QED) is 0.841. The minimum absolute atomic E-state index is 0.0331. The van der Waals surface area contributed by atoms with Crippen molar-refractivity contribution in [2.24, 2.45) is 5.92 Å². The summed E-state index contributed by atoms with van der Waals surface area (Å²) in [5, 5.41) is 13.2. The van der Waals surface area contributed by atoms with E-state index >= 15 is 0 Å². The number of nitrogens with one attached hydrogen (secondary N) is 1. The molecule has 0 unspecified atom stereocenters. The topological polar surface area (TPSA) is 52.6 Å². The molecule has 4 nitrogen and oxygen atoms in total. The third-order valence-electron chi connectivity index (χ3n) is 5.30. The molecule has 1 saturated carbocycles. The van der Waals surface area contributed by atoms with Crippen molar-refractivity contribution in [2.75, 3.05) is 13.1 Å². The summed E-state index contributed by atoms with van der Waals surface area (Å²) < 4.78 is 13.1. The maximum Gasteiger partial charge on any atom is 0.249 e. The standard InChI is InChI=1S/C19H27FN2O2/c1-2-17(13-3-5-15(20)6-4-13)22-11-9-14(10-12-22)18(23)19(24)21-16-7-8-16/h3-6,14,16-18,23H,2,7-12H2,1H3,(H,21,24)/t17-,18+/m0/s1. The monoisotopic (exact) mass is 334 g/mol. The van der Waals surface area contributed by atoms with Crippen LogP contribution in [0.3, 0.4) is 0 Å². The van der Waals surface area contributed by atoms with E-state index in [9.17, 15) is 14.3 Å². The zero-order chi connectivity index (χ0) is 17.1. The zero-order valence-electron chi connectivity index (χ0n) is 14.2. The van der Waals surface area contributed by atoms with Crippen molar-refractivity contribution in [3.05, 3.63) is 35.6 Å². The first kappa shape index (κ1) is 17.4. The average molecular weight is 334 g/mol. The molecule has 0 bridgehead atoms. The van der Waals surface area contributed by atoms with E-state index in [1.165, 1.54) is 12.1 Å². The number of aliphatic hydroxyl groups is 1. The summed E-state index contributed by atoms with van der Waals surface area (Å²) in [6, 6.07) is 7.29. The highest BCUT2D eigenvalue weighted by atomic mass is 19.1. The summed E-state index contributed by atoms with van der Waals surface area (Å²) in [5.41, 5.74) is 1.13. The second kappa shape index (κ2) is 7.62. The first-order valence-corrected chi connectivity index (χ1v) is 9.06. The van der Waals surface area contributed by atoms with Crippen molar-refractivity contribution in [3.63, 3.8) is 0 Å². The van der Waals surface area contributed by atoms with E-state index in [4.69, 9.17) is 0 Å². The molecule has 0 aromatic heterocycles. The van der Waals surface area contributed by atoms with Crippen LogP contribution in [0.2, 0.25) is 0 Å². The van der Waals surface area contributed by atoms with Gasteiger partial charge < -0.3 is 10.4 Å². The molecule has 1 aromatic rings. The molecule has 24 heavy (non-hydrogen) atoms. The first-order chi connectivity index (χ1) is 11.6. The second-order valence-corrected chi connectivity index (χ2v) is 7.08. The predicted octanol–water partition coefficient (Wildman–Crippen LogP) is 2.63. The molecule has 132 valence electrons. The van der Waals surface area contributed by atoms with Crippen molar-refractivity contribution in [3.8, 4) is 0 Å². The highest BCUT2D eigenvalue weighted by Crippen LogP contribution is 2.31. The Labute approximate surface area is 143 Å². The summed E-state index contributed by atoms with van der Waals surface area (Å²) in [4.78, 5) is 14.4. The molecule has 1 heterocycles. The van der Waals surface area contributed by atoms with Gasteiger partial charge in [0.15, 0.2) is 0 Å². The highest BCUT2D eigenvalue weighted by Gasteiger charge is 2.34. The lowest BCUT2D eigenvalue weighted by Crippen LogP contribution is -2.45. The van der Waals surface area contributed by atoms with E-state index < -0.39 is 6.10 Å². The van der Waals surface area contributed by atoms with Gasteiger partial charge in [0.2, 0.25) is 5.91 Å². The van der Waals surface area contributed by atoms with Gasteiger partial charge in [0.05, 0.1) is 0 Å². The van der Waals surface area contributed by atoms with Gasteiger partial charge in [0.1, 0.15) is 11.9 Å². The predicted molar refractivity (Wildman–Crippen MR) is 90.9 cm³/mol. The number of halogens is 1. The van der Waals surface area contributed by atoms with Gasteiger partial charge >= 0.3 is 0 Å². The normalized spacial score (nSPS) is 22.1. The van der Waals surface area contributed by atoms with E-state index in [0.717, 1.165) is 50.8 Å². The number of rotatable bonds is 6. The second-order valence-electron chi connectivity index (χ2n) is 7.08. The average Bonchev–Trinajstić information content (AvgIpc) is 3.41. The van der Waals surface area contributed by atoms with E-state index in [1.807, 2.05) is 12.1 Å². The van der Waals surface area contributed by atoms with Crippen LogP contribution in [0.1, 0.15) is 50.6 Å². The zero-order valence-corrected chi connectivity index (χ0v) is 14.2. The minimum Gasteiger partial charge on any atom is -0.383 e. The van der Waals surface area contributed by atoms with Crippen LogP contribution in [0.5, 0.6) is 0 Å². The van der Waals surface area contributed by atoms with E-state index in [2.05, 4.69) is 17.1 Å². The molecule has 0 spiro atoms. The fourth-order valence-corrected chi connectivity index (χ4v) is 3.66. The van der Waals surface area contributed by atoms with Gasteiger partial charge in [-0.2, -0.15) is 0 Å². The van der Waals surface area contributed by atoms with Gasteiger partial charge in [-0.3, -0.25) is 9.69 Å². The van der Waals surface area contributed by atoms with Crippen LogP contribution < -0.4 is 5.32 Å². The highest BCUT2D eigenvalue weighted by molar-refractivity contribution is 5.81. The molecule has 2 atom stereocenters. The van der Waals surface area contributed by atoms with Gasteiger partial charge in [-0.25, -0.2) is 4.39 Å². The van der Waals surface area contributed by atoms with Crippen LogP contribution in [0, 0.1) is 11.7 Å². The van der Waals surface area contributed by atoms with E-state index in [0.29, 0.717) is 0 Å². The number of piperidine rings is 1. The van der Waals surface area contributed by atoms with Gasteiger partial charge in [0.25, 0.3) is 0 Å². The summed E-state index contributed by atoms with van der Waals surface area (Å²) >= 11 is 0. The van der Waals surface area contributed by atoms with Crippen LogP contribution in [-0.2, 0) is 4.79 Å². The number of benzene rings is 1. The third-order valence-corrected chi connectivity index (χ3v) is 5.30. The molecular weight excluding hydrogens is 307 g/mol. The summed E-state index contributed by atoms with van der Waals surface area (Å²) in [5.74, 6) is -0.385. The van der Waals surface area contributed by atoms with Gasteiger partial charge in [0, 0.05) is 12.1 Å². The van der Waals surface area contributed by atoms with Crippen LogP contribution >= 0.6 is 0 Å². The fraction of sp³-hybridized carbons (Fsp3) is 0.632. The van der Waals surface area contributed by atoms with Crippen molar-refractivity contribution < 1.29 is 14.3 Å². The largest absolute Gasteiger partial charge is 0.383 e. The SMILES string of the molecule is CC[C@@H](c1ccc(F)cc1)N1CCC([C@@H](O)C(=O)NC2CC2)CC1. The Hall–Kier alpha value is -1.46. The van der Waals surface area contributed by atoms with Crippen molar-refractivity contribution in [1.29, 1.82) is 0 Å². The summed E-state index contributed by atoms with van der Waals surface area (Å²) in [7, 11) is 0. The maximum atomic E-state index is 13.1. The van der Waals surface area contributed by atoms with Crippen molar-refractivity contribution >= 4 is 5.91 Å². The van der Waals surface area contributed by atoms with Gasteiger partial charge in [-0.1, -0.05) is 19.1 Å². The van der Waals surface area contributed by atoms with Crippen molar-refractivity contribution in [2.45, 2.75) is 57.2 Å². The number of amides is 1. The molecule has 1 aliphatic carbocycles. The molecule has 2 N–H and O–H groups in total. The van der Waals surface area contributed by atoms with Crippen LogP contribution in [-0.4, -0.2) is 41.1 Å². The minimum atomic E-state index is -0.890. The molecule has 2 fully saturated rings. The number of aliphatic hydroxyl groups excluding tert-OH is 1. The third kappa shape index (κ3) is 4.14. The first-order valence-electron chi connectivity index (χ1n) is 9.06. The number of hydrogen-bond acceptors (Lipinski definition) is 3. The van der Waals surface area contributed by atoms with Gasteiger partial charge in [-0.05, 0) is 68.8 Å². The number of carbonyl (C=O) groups excluding carboxylic acids is 1. The van der Waals surface area contributed by atoms with Crippen molar-refractivity contribution in [1.82, 2.24) is 10.2 Å². The Bertz CT molecular complexity index is 551. The molecule has 1 aromatic carbocycles. The lowest BCUT2D eigenvalue weighted by atomic mass is 9.89. The number of likely N-dealkylation sites (tertiary alicyclic amines) is 1. The Morgan fingerprint density at radius 2 is 1.88 bits per heavy atom. The molecule has 2 aliphatic rings. The number of nitrogens with zero attached hydrogens (tertiary/aromatic N) is 1. The lowest BCUT2D eigenvalue weighted by molar-refractivity contribution is -0.133. The molecule has 5 heteroatoms. The Balaban J connectivity index is 1.54. The molecule has 1 aliphatic heterocycles. The molecule has 1 saturated heterocycles. The number of hydrogen-bond donors (Lipinski definition) is 2. The maximum absolute atomic E-state index is 13.1. The van der Waals surface area contributed by atoms with Gasteiger partial charge in [-0.15, -0.1) is 0 Å². The summed E-state index contributed by atoms with van der Waals surface area (Å²) in [6.45, 7) is 3.85. The molecule has 1 amide bonds. The molecule has 0 radical (unpaired) electrons. The molecular formula is C19H27FN2O2. The Morgan fingerprint density at radius 1 is 1.25 bits per heavy atom. The smallest absolute Gasteiger partial charge is 0.249 e. The van der Waals surface area contributed by atoms with E-state index in [-0.39, 0.29) is 29.7 Å². The Morgan fingerprint density at radius 3 is 2.42 bits per heavy atom. The summed E-state index contributed by atoms with van der Waals surface area (Å²) in [6.07, 6.45) is 3.77. The van der Waals surface area contributed by atoms with Crippen LogP contribution in [0.4, 0.5) is 4.39 Å². The molecule has 3 rings (SSSR count). The van der Waals surface area contributed by atoms with Crippen LogP contribution in [0.15, 0.2) is 24.3 Å². The fourth-order valence-electron chi connectivity index (χ4n) is 3.66.